The Morgan fingerprint density at radius 3 is 2.57 bits per heavy atom. The first kappa shape index (κ1) is 11.1. The van der Waals surface area contributed by atoms with Crippen LogP contribution in [-0.4, -0.2) is 17.0 Å². The molecule has 1 unspecified atom stereocenters. The lowest BCUT2D eigenvalue weighted by atomic mass is 10.1. The maximum Gasteiger partial charge on any atom is 0.376 e. The van der Waals surface area contributed by atoms with E-state index in [9.17, 15) is 13.6 Å². The minimum atomic E-state index is -4.04. The van der Waals surface area contributed by atoms with Crippen molar-refractivity contribution in [1.29, 1.82) is 0 Å². The summed E-state index contributed by atoms with van der Waals surface area (Å²) in [4.78, 5) is 10.2. The van der Waals surface area contributed by atoms with Gasteiger partial charge in [0.25, 0.3) is 0 Å². The first-order chi connectivity index (χ1) is 6.35. The van der Waals surface area contributed by atoms with Crippen molar-refractivity contribution in [2.24, 2.45) is 5.73 Å². The van der Waals surface area contributed by atoms with Gasteiger partial charge < -0.3 is 15.3 Å². The quantitative estimate of drug-likeness (QED) is 0.877. The van der Waals surface area contributed by atoms with Crippen molar-refractivity contribution in [3.8, 4) is 0 Å². The number of carbonyl (C=O) groups is 1. The lowest BCUT2D eigenvalue weighted by Gasteiger charge is -2.16. The molecule has 1 atom stereocenters. The van der Waals surface area contributed by atoms with Crippen molar-refractivity contribution in [3.05, 3.63) is 22.6 Å². The van der Waals surface area contributed by atoms with Gasteiger partial charge in [-0.3, -0.25) is 0 Å². The predicted molar refractivity (Wildman–Crippen MR) is 45.9 cm³/mol. The molecule has 0 spiro atoms. The highest BCUT2D eigenvalue weighted by Crippen LogP contribution is 2.31. The molecule has 1 aromatic heterocycles. The molecule has 0 aliphatic rings. The summed E-state index contributed by atoms with van der Waals surface area (Å²) in [6.45, 7) is 0. The molecule has 7 heteroatoms. The summed E-state index contributed by atoms with van der Waals surface area (Å²) in [5.41, 5.74) is 5.04. The summed E-state index contributed by atoms with van der Waals surface area (Å²) in [5, 5.41) is 8.20. The number of alkyl halides is 2. The number of aliphatic carboxylic acids is 1. The monoisotopic (exact) mass is 269 g/mol. The molecule has 0 saturated carbocycles. The van der Waals surface area contributed by atoms with Gasteiger partial charge >= 0.3 is 11.9 Å². The Balaban J connectivity index is 2.95. The number of carboxylic acid groups (broad SMARTS) is 1. The van der Waals surface area contributed by atoms with E-state index in [1.807, 2.05) is 0 Å². The molecule has 1 rings (SSSR count). The minimum absolute atomic E-state index is 0.212. The molecule has 4 nitrogen and oxygen atoms in total. The standard InChI is InChI=1S/C7H6BrF2NO3/c8-4-2-1-3(14-4)5(11)7(9,10)6(12)13/h1-2,5H,11H2,(H,12,13). The fourth-order valence-corrected chi connectivity index (χ4v) is 1.13. The Hall–Kier alpha value is -0.950. The van der Waals surface area contributed by atoms with Crippen LogP contribution in [0.15, 0.2) is 21.2 Å². The average molecular weight is 270 g/mol. The van der Waals surface area contributed by atoms with E-state index in [0.29, 0.717) is 0 Å². The highest BCUT2D eigenvalue weighted by molar-refractivity contribution is 9.10. The maximum absolute atomic E-state index is 12.8. The van der Waals surface area contributed by atoms with Crippen molar-refractivity contribution in [1.82, 2.24) is 0 Å². The smallest absolute Gasteiger partial charge is 0.376 e. The van der Waals surface area contributed by atoms with Crippen molar-refractivity contribution >= 4 is 21.9 Å². The maximum atomic E-state index is 12.8. The van der Waals surface area contributed by atoms with Gasteiger partial charge in [-0.05, 0) is 28.1 Å². The molecule has 0 aliphatic carbocycles. The van der Waals surface area contributed by atoms with E-state index in [0.717, 1.165) is 0 Å². The van der Waals surface area contributed by atoms with E-state index in [-0.39, 0.29) is 10.4 Å². The van der Waals surface area contributed by atoms with Gasteiger partial charge in [0.05, 0.1) is 0 Å². The van der Waals surface area contributed by atoms with Gasteiger partial charge in [-0.1, -0.05) is 0 Å². The fraction of sp³-hybridized carbons (Fsp3) is 0.286. The summed E-state index contributed by atoms with van der Waals surface area (Å²) in [6.07, 6.45) is 0. The molecule has 14 heavy (non-hydrogen) atoms. The number of hydrogen-bond donors (Lipinski definition) is 2. The van der Waals surface area contributed by atoms with Gasteiger partial charge in [-0.15, -0.1) is 0 Å². The molecule has 0 amide bonds. The Kier molecular flexibility index (Phi) is 2.91. The van der Waals surface area contributed by atoms with Crippen LogP contribution in [0.1, 0.15) is 11.8 Å². The highest BCUT2D eigenvalue weighted by atomic mass is 79.9. The molecule has 0 aliphatic heterocycles. The molecule has 0 fully saturated rings. The van der Waals surface area contributed by atoms with Crippen LogP contribution in [0.3, 0.4) is 0 Å². The zero-order valence-electron chi connectivity index (χ0n) is 6.71. The van der Waals surface area contributed by atoms with Gasteiger partial charge in [0.2, 0.25) is 0 Å². The molecular weight excluding hydrogens is 264 g/mol. The van der Waals surface area contributed by atoms with Crippen LogP contribution in [0.4, 0.5) is 8.78 Å². The second kappa shape index (κ2) is 3.66. The van der Waals surface area contributed by atoms with Gasteiger partial charge in [0.15, 0.2) is 4.67 Å². The lowest BCUT2D eigenvalue weighted by Crippen LogP contribution is -2.40. The van der Waals surface area contributed by atoms with Crippen LogP contribution in [0.5, 0.6) is 0 Å². The van der Waals surface area contributed by atoms with E-state index in [2.05, 4.69) is 15.9 Å². The van der Waals surface area contributed by atoms with Gasteiger partial charge in [0.1, 0.15) is 11.8 Å². The number of rotatable bonds is 3. The second-order valence-electron chi connectivity index (χ2n) is 2.55. The van der Waals surface area contributed by atoms with Crippen molar-refractivity contribution in [2.45, 2.75) is 12.0 Å². The molecule has 1 heterocycles. The normalized spacial score (nSPS) is 14.0. The third-order valence-electron chi connectivity index (χ3n) is 1.58. The number of furan rings is 1. The predicted octanol–water partition coefficient (Wildman–Crippen LogP) is 1.76. The Bertz CT molecular complexity index is 352. The SMILES string of the molecule is NC(c1ccc(Br)o1)C(F)(F)C(=O)O. The summed E-state index contributed by atoms with van der Waals surface area (Å²) >= 11 is 2.89. The van der Waals surface area contributed by atoms with Crippen molar-refractivity contribution < 1.29 is 23.1 Å². The van der Waals surface area contributed by atoms with Gasteiger partial charge in [-0.2, -0.15) is 8.78 Å². The van der Waals surface area contributed by atoms with E-state index in [4.69, 9.17) is 15.3 Å². The first-order valence-electron chi connectivity index (χ1n) is 3.47. The Morgan fingerprint density at radius 1 is 1.64 bits per heavy atom. The molecule has 0 radical (unpaired) electrons. The average Bonchev–Trinajstić information content (AvgIpc) is 2.50. The fourth-order valence-electron chi connectivity index (χ4n) is 0.807. The van der Waals surface area contributed by atoms with Crippen LogP contribution >= 0.6 is 15.9 Å². The van der Waals surface area contributed by atoms with Crippen molar-refractivity contribution in [2.75, 3.05) is 0 Å². The van der Waals surface area contributed by atoms with Crippen LogP contribution in [0.25, 0.3) is 0 Å². The summed E-state index contributed by atoms with van der Waals surface area (Å²) in [5.74, 6) is -6.61. The molecule has 1 aromatic rings. The molecule has 3 N–H and O–H groups in total. The molecule has 0 aromatic carbocycles. The molecule has 0 bridgehead atoms. The summed E-state index contributed by atoms with van der Waals surface area (Å²) in [6, 6.07) is 0.546. The van der Waals surface area contributed by atoms with Crippen LogP contribution in [-0.2, 0) is 4.79 Å². The summed E-state index contributed by atoms with van der Waals surface area (Å²) in [7, 11) is 0. The topological polar surface area (TPSA) is 76.5 Å². The van der Waals surface area contributed by atoms with E-state index < -0.39 is 17.9 Å². The van der Waals surface area contributed by atoms with Gasteiger partial charge in [0, 0.05) is 0 Å². The molecule has 78 valence electrons. The third-order valence-corrected chi connectivity index (χ3v) is 2.00. The highest BCUT2D eigenvalue weighted by Gasteiger charge is 2.47. The Labute approximate surface area is 85.8 Å². The first-order valence-corrected chi connectivity index (χ1v) is 4.27. The third kappa shape index (κ3) is 1.93. The van der Waals surface area contributed by atoms with E-state index >= 15 is 0 Å². The molecule has 0 saturated heterocycles. The second-order valence-corrected chi connectivity index (χ2v) is 3.33. The van der Waals surface area contributed by atoms with Crippen LogP contribution < -0.4 is 5.73 Å². The van der Waals surface area contributed by atoms with Crippen molar-refractivity contribution in [3.63, 3.8) is 0 Å². The number of carboxylic acids is 1. The number of halogens is 3. The van der Waals surface area contributed by atoms with E-state index in [1.54, 1.807) is 0 Å². The largest absolute Gasteiger partial charge is 0.477 e. The zero-order chi connectivity index (χ0) is 10.9. The lowest BCUT2D eigenvalue weighted by molar-refractivity contribution is -0.168. The molecular formula is C7H6BrF2NO3. The minimum Gasteiger partial charge on any atom is -0.477 e. The number of hydrogen-bond acceptors (Lipinski definition) is 3. The van der Waals surface area contributed by atoms with Gasteiger partial charge in [-0.25, -0.2) is 4.79 Å². The van der Waals surface area contributed by atoms with Crippen LogP contribution in [0, 0.1) is 0 Å². The summed E-state index contributed by atoms with van der Waals surface area (Å²) < 4.78 is 30.6. The van der Waals surface area contributed by atoms with Crippen LogP contribution in [0.2, 0.25) is 0 Å². The zero-order valence-corrected chi connectivity index (χ0v) is 8.29. The number of nitrogens with two attached hydrogens (primary N) is 1. The van der Waals surface area contributed by atoms with E-state index in [1.165, 1.54) is 12.1 Å². The Morgan fingerprint density at radius 2 is 2.21 bits per heavy atom.